The van der Waals surface area contributed by atoms with Crippen LogP contribution in [-0.4, -0.2) is 39.5 Å². The summed E-state index contributed by atoms with van der Waals surface area (Å²) in [6, 6.07) is 11.1. The molecule has 7 nitrogen and oxygen atoms in total. The number of esters is 1. The number of hydrogen-bond donors (Lipinski definition) is 3. The van der Waals surface area contributed by atoms with Crippen molar-refractivity contribution in [3.05, 3.63) is 64.3 Å². The summed E-state index contributed by atoms with van der Waals surface area (Å²) in [6.07, 6.45) is 1.54. The molecule has 0 bridgehead atoms. The molecule has 0 aromatic heterocycles. The Morgan fingerprint density at radius 1 is 1.03 bits per heavy atom. The number of aliphatic imine (C=N–C) groups is 1. The van der Waals surface area contributed by atoms with Crippen molar-refractivity contribution in [1.29, 1.82) is 0 Å². The lowest BCUT2D eigenvalue weighted by atomic mass is 10.1. The van der Waals surface area contributed by atoms with Crippen molar-refractivity contribution in [3.8, 4) is 17.2 Å². The maximum atomic E-state index is 12.4. The monoisotopic (exact) mass is 427 g/mol. The summed E-state index contributed by atoms with van der Waals surface area (Å²) in [5.41, 5.74) is 0.991. The predicted octanol–water partition coefficient (Wildman–Crippen LogP) is 4.69. The van der Waals surface area contributed by atoms with Gasteiger partial charge in [0.1, 0.15) is 33.6 Å². The Kier molecular flexibility index (Phi) is 6.68. The van der Waals surface area contributed by atoms with E-state index < -0.39 is 5.97 Å². The highest BCUT2D eigenvalue weighted by Gasteiger charge is 2.33. The quantitative estimate of drug-likeness (QED) is 0.574. The topological polar surface area (TPSA) is 109 Å². The van der Waals surface area contributed by atoms with E-state index in [-0.39, 0.29) is 34.5 Å². The standard InChI is InChI=1S/C22H21NO6S/c1-3-28-17-7-5-14(6-8-17)23-21-19(22(27)29-4-2)20(26)18(30-21)11-13-9-15(24)12-16(25)10-13/h5-12,24-26H,3-4H2,1-2H3. The van der Waals surface area contributed by atoms with E-state index in [2.05, 4.69) is 4.99 Å². The zero-order valence-electron chi connectivity index (χ0n) is 16.5. The molecule has 1 aliphatic rings. The first-order valence-corrected chi connectivity index (χ1v) is 10.1. The van der Waals surface area contributed by atoms with Gasteiger partial charge in [-0.3, -0.25) is 0 Å². The third-order valence-corrected chi connectivity index (χ3v) is 4.99. The highest BCUT2D eigenvalue weighted by atomic mass is 32.2. The van der Waals surface area contributed by atoms with Crippen molar-refractivity contribution < 1.29 is 29.6 Å². The molecule has 2 aromatic rings. The molecular formula is C22H21NO6S. The molecule has 3 rings (SSSR count). The fourth-order valence-corrected chi connectivity index (χ4v) is 3.78. The van der Waals surface area contributed by atoms with Gasteiger partial charge < -0.3 is 24.8 Å². The number of aliphatic hydroxyl groups is 1. The molecule has 2 aromatic carbocycles. The lowest BCUT2D eigenvalue weighted by Crippen LogP contribution is -2.12. The predicted molar refractivity (Wildman–Crippen MR) is 116 cm³/mol. The Hall–Kier alpha value is -3.39. The number of carbonyl (C=O) groups excluding carboxylic acids is 1. The molecule has 0 radical (unpaired) electrons. The van der Waals surface area contributed by atoms with Crippen molar-refractivity contribution in [2.45, 2.75) is 13.8 Å². The first-order chi connectivity index (χ1) is 14.4. The summed E-state index contributed by atoms with van der Waals surface area (Å²) >= 11 is 1.09. The molecule has 30 heavy (non-hydrogen) atoms. The van der Waals surface area contributed by atoms with E-state index in [1.165, 1.54) is 18.2 Å². The third kappa shape index (κ3) is 4.96. The van der Waals surface area contributed by atoms with Crippen LogP contribution in [0.25, 0.3) is 6.08 Å². The Morgan fingerprint density at radius 3 is 2.30 bits per heavy atom. The maximum absolute atomic E-state index is 12.4. The summed E-state index contributed by atoms with van der Waals surface area (Å²) in [5, 5.41) is 30.3. The number of ether oxygens (including phenoxy) is 2. The van der Waals surface area contributed by atoms with Gasteiger partial charge in [-0.05, 0) is 61.9 Å². The normalized spacial score (nSPS) is 16.3. The number of carbonyl (C=O) groups is 1. The highest BCUT2D eigenvalue weighted by molar-refractivity contribution is 8.18. The SMILES string of the molecule is CCOC(=O)C1=C(O)C(=Cc2cc(O)cc(O)c2)SC1=Nc1ccc(OCC)cc1. The summed E-state index contributed by atoms with van der Waals surface area (Å²) in [5.74, 6) is -0.501. The van der Waals surface area contributed by atoms with Crippen LogP contribution in [0.2, 0.25) is 0 Å². The Morgan fingerprint density at radius 2 is 1.70 bits per heavy atom. The first kappa shape index (κ1) is 21.3. The van der Waals surface area contributed by atoms with Gasteiger partial charge in [-0.1, -0.05) is 11.8 Å². The number of phenols is 2. The van der Waals surface area contributed by atoms with Crippen LogP contribution in [-0.2, 0) is 9.53 Å². The first-order valence-electron chi connectivity index (χ1n) is 9.26. The highest BCUT2D eigenvalue weighted by Crippen LogP contribution is 2.40. The average Bonchev–Trinajstić information content (AvgIpc) is 2.98. The second-order valence-electron chi connectivity index (χ2n) is 6.18. The van der Waals surface area contributed by atoms with Gasteiger partial charge in [-0.25, -0.2) is 9.79 Å². The Labute approximate surface area is 178 Å². The molecule has 0 saturated carbocycles. The minimum atomic E-state index is -0.686. The Bertz CT molecular complexity index is 1020. The van der Waals surface area contributed by atoms with Crippen molar-refractivity contribution >= 4 is 34.5 Å². The van der Waals surface area contributed by atoms with Crippen molar-refractivity contribution in [1.82, 2.24) is 0 Å². The Balaban J connectivity index is 2.00. The molecule has 0 amide bonds. The number of rotatable bonds is 6. The molecule has 0 unspecified atom stereocenters. The van der Waals surface area contributed by atoms with Gasteiger partial charge in [-0.15, -0.1) is 0 Å². The largest absolute Gasteiger partial charge is 0.508 e. The van der Waals surface area contributed by atoms with E-state index in [1.54, 1.807) is 37.3 Å². The van der Waals surface area contributed by atoms with Crippen LogP contribution in [0.3, 0.4) is 0 Å². The second-order valence-corrected chi connectivity index (χ2v) is 7.21. The number of thioether (sulfide) groups is 1. The number of benzene rings is 2. The average molecular weight is 427 g/mol. The van der Waals surface area contributed by atoms with Gasteiger partial charge in [0.2, 0.25) is 0 Å². The van der Waals surface area contributed by atoms with Crippen LogP contribution < -0.4 is 4.74 Å². The van der Waals surface area contributed by atoms with Gasteiger partial charge in [-0.2, -0.15) is 0 Å². The number of aromatic hydroxyl groups is 2. The summed E-state index contributed by atoms with van der Waals surface area (Å²) in [6.45, 7) is 4.26. The molecule has 0 saturated heterocycles. The molecule has 0 fully saturated rings. The number of aliphatic hydroxyl groups excluding tert-OH is 1. The van der Waals surface area contributed by atoms with E-state index in [0.717, 1.165) is 11.8 Å². The fraction of sp³-hybridized carbons (Fsp3) is 0.182. The summed E-state index contributed by atoms with van der Waals surface area (Å²) < 4.78 is 10.5. The molecule has 156 valence electrons. The second kappa shape index (κ2) is 9.41. The molecule has 1 heterocycles. The molecule has 3 N–H and O–H groups in total. The zero-order chi connectivity index (χ0) is 21.7. The molecule has 8 heteroatoms. The zero-order valence-corrected chi connectivity index (χ0v) is 17.3. The minimum Gasteiger partial charge on any atom is -0.508 e. The molecule has 0 atom stereocenters. The fourth-order valence-electron chi connectivity index (χ4n) is 2.75. The summed E-state index contributed by atoms with van der Waals surface area (Å²) in [4.78, 5) is 17.3. The van der Waals surface area contributed by atoms with Gasteiger partial charge in [0.25, 0.3) is 0 Å². The van der Waals surface area contributed by atoms with Crippen molar-refractivity contribution in [2.24, 2.45) is 4.99 Å². The van der Waals surface area contributed by atoms with Crippen molar-refractivity contribution in [3.63, 3.8) is 0 Å². The van der Waals surface area contributed by atoms with Crippen LogP contribution in [0.5, 0.6) is 17.2 Å². The molecule has 0 spiro atoms. The molecular weight excluding hydrogens is 406 g/mol. The van der Waals surface area contributed by atoms with E-state index in [0.29, 0.717) is 28.5 Å². The van der Waals surface area contributed by atoms with Crippen LogP contribution in [0.4, 0.5) is 5.69 Å². The van der Waals surface area contributed by atoms with Crippen LogP contribution in [0.15, 0.2) is 63.7 Å². The molecule has 0 aliphatic carbocycles. The minimum absolute atomic E-state index is 0.0358. The van der Waals surface area contributed by atoms with Gasteiger partial charge in [0, 0.05) is 6.07 Å². The van der Waals surface area contributed by atoms with Gasteiger partial charge >= 0.3 is 5.97 Å². The lowest BCUT2D eigenvalue weighted by Gasteiger charge is -2.05. The number of phenolic OH excluding ortho intramolecular Hbond substituents is 2. The van der Waals surface area contributed by atoms with Crippen molar-refractivity contribution in [2.75, 3.05) is 13.2 Å². The van der Waals surface area contributed by atoms with Gasteiger partial charge in [0.05, 0.1) is 23.8 Å². The maximum Gasteiger partial charge on any atom is 0.344 e. The van der Waals surface area contributed by atoms with Crippen LogP contribution >= 0.6 is 11.8 Å². The van der Waals surface area contributed by atoms with E-state index in [1.807, 2.05) is 6.92 Å². The summed E-state index contributed by atoms with van der Waals surface area (Å²) in [7, 11) is 0. The van der Waals surface area contributed by atoms with Crippen LogP contribution in [0, 0.1) is 0 Å². The van der Waals surface area contributed by atoms with E-state index in [9.17, 15) is 20.1 Å². The van der Waals surface area contributed by atoms with Crippen LogP contribution in [0.1, 0.15) is 19.4 Å². The number of hydrogen-bond acceptors (Lipinski definition) is 8. The smallest absolute Gasteiger partial charge is 0.344 e. The number of nitrogens with zero attached hydrogens (tertiary/aromatic N) is 1. The molecule has 1 aliphatic heterocycles. The third-order valence-electron chi connectivity index (χ3n) is 3.97. The lowest BCUT2D eigenvalue weighted by molar-refractivity contribution is -0.138. The van der Waals surface area contributed by atoms with E-state index in [4.69, 9.17) is 9.47 Å². The van der Waals surface area contributed by atoms with Gasteiger partial charge in [0.15, 0.2) is 0 Å². The van der Waals surface area contributed by atoms with E-state index >= 15 is 0 Å².